The van der Waals surface area contributed by atoms with Crippen molar-refractivity contribution in [1.82, 2.24) is 5.16 Å². The first-order valence-corrected chi connectivity index (χ1v) is 7.85. The summed E-state index contributed by atoms with van der Waals surface area (Å²) in [5, 5.41) is 22.6. The molecule has 1 atom stereocenters. The minimum Gasteiger partial charge on any atom is -0.371 e. The van der Waals surface area contributed by atoms with Crippen molar-refractivity contribution in [3.8, 4) is 12.1 Å². The van der Waals surface area contributed by atoms with Crippen LogP contribution in [-0.4, -0.2) is 24.4 Å². The van der Waals surface area contributed by atoms with Crippen LogP contribution >= 0.6 is 0 Å². The van der Waals surface area contributed by atoms with Crippen LogP contribution in [0.3, 0.4) is 0 Å². The fraction of sp³-hybridized carbons (Fsp3) is 0.389. The highest BCUT2D eigenvalue weighted by molar-refractivity contribution is 5.68. The van der Waals surface area contributed by atoms with E-state index in [2.05, 4.69) is 22.2 Å². The van der Waals surface area contributed by atoms with Gasteiger partial charge >= 0.3 is 0 Å². The normalized spacial score (nSPS) is 16.8. The molecule has 0 bridgehead atoms. The lowest BCUT2D eigenvalue weighted by atomic mass is 10.1. The van der Waals surface area contributed by atoms with Gasteiger partial charge in [0.15, 0.2) is 0 Å². The zero-order chi connectivity index (χ0) is 17.1. The zero-order valence-electron chi connectivity index (χ0n) is 13.7. The van der Waals surface area contributed by atoms with Gasteiger partial charge in [0.25, 0.3) is 0 Å². The molecule has 1 aliphatic heterocycles. The van der Waals surface area contributed by atoms with E-state index in [0.29, 0.717) is 30.0 Å². The van der Waals surface area contributed by atoms with Crippen molar-refractivity contribution in [2.75, 3.05) is 18.0 Å². The van der Waals surface area contributed by atoms with Crippen molar-refractivity contribution in [1.29, 1.82) is 10.5 Å². The Bertz CT molecular complexity index is 777. The molecule has 1 aromatic heterocycles. The third kappa shape index (κ3) is 2.97. The van der Waals surface area contributed by atoms with Crippen LogP contribution in [0.15, 0.2) is 22.7 Å². The molecule has 0 amide bonds. The van der Waals surface area contributed by atoms with Crippen molar-refractivity contribution in [2.45, 2.75) is 33.0 Å². The topological polar surface area (TPSA) is 86.1 Å². The molecule has 0 spiro atoms. The van der Waals surface area contributed by atoms with E-state index in [1.165, 1.54) is 0 Å². The highest BCUT2D eigenvalue weighted by Crippen LogP contribution is 2.29. The van der Waals surface area contributed by atoms with Crippen molar-refractivity contribution in [3.63, 3.8) is 0 Å². The van der Waals surface area contributed by atoms with Crippen LogP contribution in [0.2, 0.25) is 0 Å². The lowest BCUT2D eigenvalue weighted by Gasteiger charge is -2.21. The molecule has 1 saturated heterocycles. The van der Waals surface area contributed by atoms with Gasteiger partial charge in [-0.1, -0.05) is 11.2 Å². The van der Waals surface area contributed by atoms with E-state index in [1.54, 1.807) is 18.2 Å². The second kappa shape index (κ2) is 6.74. The highest BCUT2D eigenvalue weighted by atomic mass is 16.5. The Hall–Kier alpha value is -2.83. The molecule has 122 valence electrons. The SMILES string of the molecule is Cc1noc(C)c1COC1CCN(c2c(C#N)cccc2C#N)C1. The highest BCUT2D eigenvalue weighted by Gasteiger charge is 2.27. The fourth-order valence-electron chi connectivity index (χ4n) is 3.04. The first kappa shape index (κ1) is 16.0. The van der Waals surface area contributed by atoms with Crippen molar-refractivity contribution in [3.05, 3.63) is 46.3 Å². The molecule has 2 aromatic rings. The maximum absolute atomic E-state index is 9.32. The third-order valence-corrected chi connectivity index (χ3v) is 4.38. The summed E-state index contributed by atoms with van der Waals surface area (Å²) in [6.07, 6.45) is 0.908. The third-order valence-electron chi connectivity index (χ3n) is 4.38. The van der Waals surface area contributed by atoms with Gasteiger partial charge in [-0.3, -0.25) is 0 Å². The summed E-state index contributed by atoms with van der Waals surface area (Å²) in [5.74, 6) is 0.781. The van der Waals surface area contributed by atoms with Crippen LogP contribution in [-0.2, 0) is 11.3 Å². The summed E-state index contributed by atoms with van der Waals surface area (Å²) >= 11 is 0. The number of benzene rings is 1. The molecular weight excluding hydrogens is 304 g/mol. The smallest absolute Gasteiger partial charge is 0.139 e. The van der Waals surface area contributed by atoms with Gasteiger partial charge in [-0.25, -0.2) is 0 Å². The molecule has 1 aliphatic rings. The van der Waals surface area contributed by atoms with Gasteiger partial charge < -0.3 is 14.2 Å². The molecule has 6 nitrogen and oxygen atoms in total. The predicted molar refractivity (Wildman–Crippen MR) is 87.3 cm³/mol. The standard InChI is InChI=1S/C18H18N4O2/c1-12-17(13(2)24-21-12)11-23-16-6-7-22(10-16)18-14(8-19)4-3-5-15(18)9-20/h3-5,16H,6-7,10-11H2,1-2H3. The number of hydrogen-bond donors (Lipinski definition) is 0. The molecule has 0 N–H and O–H groups in total. The number of aryl methyl sites for hydroxylation is 2. The van der Waals surface area contributed by atoms with E-state index in [-0.39, 0.29) is 6.10 Å². The Morgan fingerprint density at radius 3 is 2.58 bits per heavy atom. The summed E-state index contributed by atoms with van der Waals surface area (Å²) < 4.78 is 11.1. The number of anilines is 1. The predicted octanol–water partition coefficient (Wildman–Crippen LogP) is 2.83. The van der Waals surface area contributed by atoms with Gasteiger partial charge in [-0.2, -0.15) is 10.5 Å². The molecule has 6 heteroatoms. The summed E-state index contributed by atoms with van der Waals surface area (Å²) in [6, 6.07) is 9.58. The number of nitrogens with zero attached hydrogens (tertiary/aromatic N) is 4. The van der Waals surface area contributed by atoms with Crippen LogP contribution < -0.4 is 4.90 Å². The van der Waals surface area contributed by atoms with Crippen molar-refractivity contribution < 1.29 is 9.26 Å². The van der Waals surface area contributed by atoms with Gasteiger partial charge in [-0.15, -0.1) is 0 Å². The van der Waals surface area contributed by atoms with Crippen molar-refractivity contribution >= 4 is 5.69 Å². The van der Waals surface area contributed by atoms with Gasteiger partial charge in [-0.05, 0) is 32.4 Å². The van der Waals surface area contributed by atoms with Crippen LogP contribution in [0.1, 0.15) is 34.6 Å². The number of ether oxygens (including phenoxy) is 1. The van der Waals surface area contributed by atoms with Crippen LogP contribution in [0.4, 0.5) is 5.69 Å². The molecule has 2 heterocycles. The Kier molecular flexibility index (Phi) is 4.50. The quantitative estimate of drug-likeness (QED) is 0.860. The molecule has 1 aromatic carbocycles. The monoisotopic (exact) mass is 322 g/mol. The summed E-state index contributed by atoms with van der Waals surface area (Å²) in [5.41, 5.74) is 3.61. The van der Waals surface area contributed by atoms with Crippen molar-refractivity contribution in [2.24, 2.45) is 0 Å². The molecular formula is C18H18N4O2. The number of nitriles is 2. The van der Waals surface area contributed by atoms with Crippen LogP contribution in [0.25, 0.3) is 0 Å². The lowest BCUT2D eigenvalue weighted by Crippen LogP contribution is -2.24. The van der Waals surface area contributed by atoms with Crippen LogP contribution in [0.5, 0.6) is 0 Å². The zero-order valence-corrected chi connectivity index (χ0v) is 13.7. The Labute approximate surface area is 140 Å². The number of hydrogen-bond acceptors (Lipinski definition) is 6. The van der Waals surface area contributed by atoms with E-state index in [0.717, 1.165) is 30.0 Å². The van der Waals surface area contributed by atoms with E-state index in [9.17, 15) is 10.5 Å². The second-order valence-corrected chi connectivity index (χ2v) is 5.90. The molecule has 1 fully saturated rings. The largest absolute Gasteiger partial charge is 0.371 e. The summed E-state index contributed by atoms with van der Waals surface area (Å²) in [7, 11) is 0. The average Bonchev–Trinajstić information content (AvgIpc) is 3.19. The number of aromatic nitrogens is 1. The molecule has 3 rings (SSSR count). The minimum absolute atomic E-state index is 0.0528. The van der Waals surface area contributed by atoms with Gasteiger partial charge in [0, 0.05) is 18.7 Å². The van der Waals surface area contributed by atoms with Gasteiger partial charge in [0.2, 0.25) is 0 Å². The molecule has 1 unspecified atom stereocenters. The van der Waals surface area contributed by atoms with Gasteiger partial charge in [0.05, 0.1) is 35.2 Å². The van der Waals surface area contributed by atoms with Gasteiger partial charge in [0.1, 0.15) is 17.9 Å². The van der Waals surface area contributed by atoms with E-state index < -0.39 is 0 Å². The maximum atomic E-state index is 9.32. The molecule has 0 saturated carbocycles. The Morgan fingerprint density at radius 2 is 2.00 bits per heavy atom. The first-order chi connectivity index (χ1) is 11.6. The Morgan fingerprint density at radius 1 is 1.29 bits per heavy atom. The van der Waals surface area contributed by atoms with E-state index in [1.807, 2.05) is 13.8 Å². The minimum atomic E-state index is 0.0528. The summed E-state index contributed by atoms with van der Waals surface area (Å²) in [6.45, 7) is 5.67. The first-order valence-electron chi connectivity index (χ1n) is 7.85. The second-order valence-electron chi connectivity index (χ2n) is 5.90. The summed E-state index contributed by atoms with van der Waals surface area (Å²) in [4.78, 5) is 2.06. The lowest BCUT2D eigenvalue weighted by molar-refractivity contribution is 0.0544. The maximum Gasteiger partial charge on any atom is 0.139 e. The molecule has 24 heavy (non-hydrogen) atoms. The average molecular weight is 322 g/mol. The van der Waals surface area contributed by atoms with E-state index in [4.69, 9.17) is 9.26 Å². The molecule has 0 radical (unpaired) electrons. The molecule has 0 aliphatic carbocycles. The number of para-hydroxylation sites is 1. The number of rotatable bonds is 4. The van der Waals surface area contributed by atoms with Crippen LogP contribution in [0, 0.1) is 36.5 Å². The van der Waals surface area contributed by atoms with E-state index >= 15 is 0 Å². The fourth-order valence-corrected chi connectivity index (χ4v) is 3.04. The Balaban J connectivity index is 1.71.